The maximum absolute atomic E-state index is 10.0. The fourth-order valence-electron chi connectivity index (χ4n) is 1.46. The quantitative estimate of drug-likeness (QED) is 0.941. The Morgan fingerprint density at radius 2 is 2.06 bits per heavy atom. The summed E-state index contributed by atoms with van der Waals surface area (Å²) in [7, 11) is 0. The Kier molecular flexibility index (Phi) is 3.74. The van der Waals surface area contributed by atoms with Crippen molar-refractivity contribution in [2.75, 3.05) is 0 Å². The molecule has 0 spiro atoms. The molecule has 0 aliphatic heterocycles. The van der Waals surface area contributed by atoms with Crippen LogP contribution in [0.15, 0.2) is 34.1 Å². The van der Waals surface area contributed by atoms with E-state index in [1.54, 1.807) is 11.3 Å². The van der Waals surface area contributed by atoms with Crippen molar-refractivity contribution in [3.8, 4) is 0 Å². The number of rotatable bonds is 3. The molecule has 2 aromatic rings. The topological polar surface area (TPSA) is 33.1 Å². The molecule has 16 heavy (non-hydrogen) atoms. The summed E-state index contributed by atoms with van der Waals surface area (Å²) in [6.45, 7) is 1.96. The predicted octanol–water partition coefficient (Wildman–Crippen LogP) is 3.49. The van der Waals surface area contributed by atoms with Crippen LogP contribution < -0.4 is 0 Å². The van der Waals surface area contributed by atoms with E-state index in [2.05, 4.69) is 20.9 Å². The van der Waals surface area contributed by atoms with Crippen molar-refractivity contribution in [3.63, 3.8) is 0 Å². The van der Waals surface area contributed by atoms with E-state index in [0.29, 0.717) is 6.42 Å². The summed E-state index contributed by atoms with van der Waals surface area (Å²) in [5, 5.41) is 13.0. The number of aromatic nitrogens is 1. The molecule has 2 nitrogen and oxygen atoms in total. The Bertz CT molecular complexity index is 466. The summed E-state index contributed by atoms with van der Waals surface area (Å²) < 4.78 is 1.02. The van der Waals surface area contributed by atoms with Gasteiger partial charge in [0.2, 0.25) is 0 Å². The fraction of sp³-hybridized carbons (Fsp3) is 0.250. The van der Waals surface area contributed by atoms with Gasteiger partial charge in [-0.2, -0.15) is 0 Å². The molecule has 1 aromatic heterocycles. The van der Waals surface area contributed by atoms with Gasteiger partial charge in [-0.3, -0.25) is 0 Å². The number of thiazole rings is 1. The Balaban J connectivity index is 2.08. The molecule has 0 amide bonds. The molecule has 0 radical (unpaired) electrons. The van der Waals surface area contributed by atoms with Crippen LogP contribution >= 0.6 is 27.3 Å². The molecule has 0 saturated carbocycles. The molecule has 1 unspecified atom stereocenters. The summed E-state index contributed by atoms with van der Waals surface area (Å²) in [4.78, 5) is 4.34. The largest absolute Gasteiger partial charge is 0.388 e. The van der Waals surface area contributed by atoms with E-state index in [-0.39, 0.29) is 0 Å². The van der Waals surface area contributed by atoms with Gasteiger partial charge >= 0.3 is 0 Å². The highest BCUT2D eigenvalue weighted by atomic mass is 79.9. The van der Waals surface area contributed by atoms with E-state index in [1.165, 1.54) is 0 Å². The van der Waals surface area contributed by atoms with E-state index < -0.39 is 6.10 Å². The molecule has 0 saturated heterocycles. The predicted molar refractivity (Wildman–Crippen MR) is 69.7 cm³/mol. The number of hydrogen-bond acceptors (Lipinski definition) is 3. The van der Waals surface area contributed by atoms with Crippen molar-refractivity contribution in [1.82, 2.24) is 4.98 Å². The van der Waals surface area contributed by atoms with Crippen molar-refractivity contribution < 1.29 is 5.11 Å². The van der Waals surface area contributed by atoms with E-state index >= 15 is 0 Å². The number of benzene rings is 1. The minimum atomic E-state index is -0.473. The van der Waals surface area contributed by atoms with Gasteiger partial charge in [-0.1, -0.05) is 28.1 Å². The molecule has 1 atom stereocenters. The second-order valence-electron chi connectivity index (χ2n) is 3.65. The summed E-state index contributed by atoms with van der Waals surface area (Å²) in [5.41, 5.74) is 1.94. The lowest BCUT2D eigenvalue weighted by Gasteiger charge is -2.08. The highest BCUT2D eigenvalue weighted by molar-refractivity contribution is 9.10. The molecule has 1 heterocycles. The first-order chi connectivity index (χ1) is 7.65. The molecular formula is C12H12BrNOS. The van der Waals surface area contributed by atoms with Crippen LogP contribution in [-0.4, -0.2) is 10.1 Å². The van der Waals surface area contributed by atoms with Crippen LogP contribution in [0.25, 0.3) is 0 Å². The summed E-state index contributed by atoms with van der Waals surface area (Å²) in [6.07, 6.45) is 0.110. The first-order valence-corrected chi connectivity index (χ1v) is 6.67. The standard InChI is InChI=1S/C12H12BrNOS/c1-8-7-16-12(14-8)6-11(15)9-2-4-10(13)5-3-9/h2-5,7,11,15H,6H2,1H3. The SMILES string of the molecule is Cc1csc(CC(O)c2ccc(Br)cc2)n1. The van der Waals surface area contributed by atoms with Gasteiger partial charge in [0.1, 0.15) is 0 Å². The van der Waals surface area contributed by atoms with Crippen molar-refractivity contribution in [3.05, 3.63) is 50.4 Å². The molecule has 1 aromatic carbocycles. The molecule has 84 valence electrons. The second-order valence-corrected chi connectivity index (χ2v) is 5.51. The highest BCUT2D eigenvalue weighted by Crippen LogP contribution is 2.22. The lowest BCUT2D eigenvalue weighted by atomic mass is 10.1. The lowest BCUT2D eigenvalue weighted by molar-refractivity contribution is 0.178. The number of halogens is 1. The van der Waals surface area contributed by atoms with Crippen molar-refractivity contribution in [1.29, 1.82) is 0 Å². The van der Waals surface area contributed by atoms with Crippen LogP contribution in [0.3, 0.4) is 0 Å². The Morgan fingerprint density at radius 1 is 1.38 bits per heavy atom. The molecule has 0 aliphatic carbocycles. The molecule has 0 bridgehead atoms. The zero-order valence-corrected chi connectivity index (χ0v) is 11.3. The van der Waals surface area contributed by atoms with Crippen LogP contribution in [0.4, 0.5) is 0 Å². The molecule has 2 rings (SSSR count). The molecule has 0 fully saturated rings. The van der Waals surface area contributed by atoms with E-state index in [1.807, 2.05) is 36.6 Å². The van der Waals surface area contributed by atoms with Gasteiger partial charge in [0.25, 0.3) is 0 Å². The van der Waals surface area contributed by atoms with E-state index in [4.69, 9.17) is 0 Å². The van der Waals surface area contributed by atoms with Gasteiger partial charge in [-0.05, 0) is 24.6 Å². The number of aryl methyl sites for hydroxylation is 1. The Labute approximate surface area is 107 Å². The third kappa shape index (κ3) is 2.90. The zero-order chi connectivity index (χ0) is 11.5. The Morgan fingerprint density at radius 3 is 2.62 bits per heavy atom. The zero-order valence-electron chi connectivity index (χ0n) is 8.85. The first-order valence-electron chi connectivity index (χ1n) is 4.99. The average Bonchev–Trinajstić information content (AvgIpc) is 2.65. The average molecular weight is 298 g/mol. The third-order valence-electron chi connectivity index (χ3n) is 2.29. The number of hydrogen-bond donors (Lipinski definition) is 1. The summed E-state index contributed by atoms with van der Waals surface area (Å²) >= 11 is 4.97. The highest BCUT2D eigenvalue weighted by Gasteiger charge is 2.10. The van der Waals surface area contributed by atoms with Crippen LogP contribution in [-0.2, 0) is 6.42 Å². The lowest BCUT2D eigenvalue weighted by Crippen LogP contribution is -2.01. The maximum atomic E-state index is 10.0. The third-order valence-corrected chi connectivity index (χ3v) is 3.81. The second kappa shape index (κ2) is 5.08. The van der Waals surface area contributed by atoms with Crippen LogP contribution in [0.5, 0.6) is 0 Å². The summed E-state index contributed by atoms with van der Waals surface area (Å²) in [5.74, 6) is 0. The molecule has 0 aliphatic rings. The van der Waals surface area contributed by atoms with Gasteiger partial charge in [0.15, 0.2) is 0 Å². The first kappa shape index (κ1) is 11.8. The van der Waals surface area contributed by atoms with Gasteiger partial charge in [-0.15, -0.1) is 11.3 Å². The number of nitrogens with zero attached hydrogens (tertiary/aromatic N) is 1. The summed E-state index contributed by atoms with van der Waals surface area (Å²) in [6, 6.07) is 7.72. The van der Waals surface area contributed by atoms with Crippen LogP contribution in [0.2, 0.25) is 0 Å². The van der Waals surface area contributed by atoms with Gasteiger partial charge in [0, 0.05) is 22.0 Å². The maximum Gasteiger partial charge on any atom is 0.0957 e. The molecule has 1 N–H and O–H groups in total. The molecular weight excluding hydrogens is 286 g/mol. The molecule has 4 heteroatoms. The minimum absolute atomic E-state index is 0.473. The number of aliphatic hydroxyl groups is 1. The van der Waals surface area contributed by atoms with Gasteiger partial charge < -0.3 is 5.11 Å². The minimum Gasteiger partial charge on any atom is -0.388 e. The monoisotopic (exact) mass is 297 g/mol. The smallest absolute Gasteiger partial charge is 0.0957 e. The van der Waals surface area contributed by atoms with Crippen LogP contribution in [0.1, 0.15) is 22.4 Å². The van der Waals surface area contributed by atoms with Gasteiger partial charge in [-0.25, -0.2) is 4.98 Å². The van der Waals surface area contributed by atoms with Gasteiger partial charge in [0.05, 0.1) is 11.1 Å². The van der Waals surface area contributed by atoms with Crippen molar-refractivity contribution in [2.45, 2.75) is 19.4 Å². The van der Waals surface area contributed by atoms with Crippen LogP contribution in [0, 0.1) is 6.92 Å². The normalized spacial score (nSPS) is 12.7. The van der Waals surface area contributed by atoms with E-state index in [0.717, 1.165) is 20.7 Å². The Hall–Kier alpha value is -0.710. The van der Waals surface area contributed by atoms with Crippen molar-refractivity contribution >= 4 is 27.3 Å². The fourth-order valence-corrected chi connectivity index (χ4v) is 2.54. The van der Waals surface area contributed by atoms with E-state index in [9.17, 15) is 5.11 Å². The number of aliphatic hydroxyl groups excluding tert-OH is 1. The van der Waals surface area contributed by atoms with Crippen molar-refractivity contribution in [2.24, 2.45) is 0 Å².